The van der Waals surface area contributed by atoms with Crippen LogP contribution in [0, 0.1) is 5.92 Å². The second-order valence-corrected chi connectivity index (χ2v) is 6.16. The molecule has 2 heterocycles. The van der Waals surface area contributed by atoms with Gasteiger partial charge < -0.3 is 14.9 Å². The highest BCUT2D eigenvalue weighted by Crippen LogP contribution is 2.22. The largest absolute Gasteiger partial charge is 0.481 e. The lowest BCUT2D eigenvalue weighted by molar-refractivity contribution is -0.141. The van der Waals surface area contributed by atoms with Gasteiger partial charge in [0.15, 0.2) is 0 Å². The van der Waals surface area contributed by atoms with E-state index in [1.54, 1.807) is 9.80 Å². The summed E-state index contributed by atoms with van der Waals surface area (Å²) in [5.41, 5.74) is 1.75. The molecule has 2 aliphatic rings. The molecule has 6 heteroatoms. The van der Waals surface area contributed by atoms with Crippen LogP contribution in [-0.2, 0) is 20.8 Å². The molecule has 1 atom stereocenters. The summed E-state index contributed by atoms with van der Waals surface area (Å²) in [5, 5.41) is 8.99. The summed E-state index contributed by atoms with van der Waals surface area (Å²) in [7, 11) is 0. The van der Waals surface area contributed by atoms with Crippen LogP contribution in [0.4, 0.5) is 5.69 Å². The lowest BCUT2D eigenvalue weighted by atomic mass is 10.1. The predicted molar refractivity (Wildman–Crippen MR) is 84.1 cm³/mol. The van der Waals surface area contributed by atoms with Crippen molar-refractivity contribution in [3.8, 4) is 0 Å². The average molecular weight is 316 g/mol. The first-order valence-corrected chi connectivity index (χ1v) is 7.94. The van der Waals surface area contributed by atoms with Crippen molar-refractivity contribution in [2.24, 2.45) is 5.92 Å². The molecule has 0 aromatic heterocycles. The van der Waals surface area contributed by atoms with Crippen LogP contribution in [0.2, 0.25) is 0 Å². The zero-order valence-corrected chi connectivity index (χ0v) is 12.9. The standard InChI is InChI=1S/C17H20N2O4/c20-15-2-1-8-19(15)14-5-3-12(4-6-14)10-16(21)18-9-7-13(11-18)17(22)23/h3-6,13H,1-2,7-11H2,(H,22,23)/t13-/m0/s1. The summed E-state index contributed by atoms with van der Waals surface area (Å²) in [5.74, 6) is -1.17. The molecule has 0 spiro atoms. The van der Waals surface area contributed by atoms with Gasteiger partial charge in [-0.15, -0.1) is 0 Å². The minimum Gasteiger partial charge on any atom is -0.481 e. The number of hydrogen-bond acceptors (Lipinski definition) is 3. The topological polar surface area (TPSA) is 77.9 Å². The number of benzene rings is 1. The first-order chi connectivity index (χ1) is 11.0. The third kappa shape index (κ3) is 3.36. The first kappa shape index (κ1) is 15.5. The Morgan fingerprint density at radius 2 is 1.91 bits per heavy atom. The van der Waals surface area contributed by atoms with Crippen molar-refractivity contribution in [2.75, 3.05) is 24.5 Å². The van der Waals surface area contributed by atoms with E-state index in [-0.39, 0.29) is 18.2 Å². The molecule has 2 aliphatic heterocycles. The molecule has 0 saturated carbocycles. The molecule has 2 fully saturated rings. The number of likely N-dealkylation sites (tertiary alicyclic amines) is 1. The molecule has 3 rings (SSSR count). The van der Waals surface area contributed by atoms with Gasteiger partial charge >= 0.3 is 5.97 Å². The maximum Gasteiger partial charge on any atom is 0.308 e. The number of aliphatic carboxylic acids is 1. The summed E-state index contributed by atoms with van der Waals surface area (Å²) >= 11 is 0. The van der Waals surface area contributed by atoms with Gasteiger partial charge in [-0.2, -0.15) is 0 Å². The van der Waals surface area contributed by atoms with Gasteiger partial charge in [0.25, 0.3) is 0 Å². The SMILES string of the molecule is O=C(O)[C@H]1CCN(C(=O)Cc2ccc(N3CCCC3=O)cc2)C1. The molecular formula is C17H20N2O4. The van der Waals surface area contributed by atoms with E-state index in [2.05, 4.69) is 0 Å². The monoisotopic (exact) mass is 316 g/mol. The molecular weight excluding hydrogens is 296 g/mol. The van der Waals surface area contributed by atoms with E-state index in [4.69, 9.17) is 5.11 Å². The summed E-state index contributed by atoms with van der Waals surface area (Å²) in [4.78, 5) is 38.3. The fourth-order valence-electron chi connectivity index (χ4n) is 3.19. The Kier molecular flexibility index (Phi) is 4.32. The van der Waals surface area contributed by atoms with Crippen molar-refractivity contribution in [3.05, 3.63) is 29.8 Å². The molecule has 0 unspecified atom stereocenters. The van der Waals surface area contributed by atoms with Gasteiger partial charge in [0.1, 0.15) is 0 Å². The fourth-order valence-corrected chi connectivity index (χ4v) is 3.19. The molecule has 2 saturated heterocycles. The maximum absolute atomic E-state index is 12.2. The molecule has 23 heavy (non-hydrogen) atoms. The zero-order chi connectivity index (χ0) is 16.4. The average Bonchev–Trinajstić information content (AvgIpc) is 3.17. The minimum absolute atomic E-state index is 0.0428. The number of nitrogens with zero attached hydrogens (tertiary/aromatic N) is 2. The minimum atomic E-state index is -0.833. The van der Waals surface area contributed by atoms with Crippen molar-refractivity contribution in [2.45, 2.75) is 25.7 Å². The second-order valence-electron chi connectivity index (χ2n) is 6.16. The highest BCUT2D eigenvalue weighted by atomic mass is 16.4. The quantitative estimate of drug-likeness (QED) is 0.908. The van der Waals surface area contributed by atoms with Crippen LogP contribution < -0.4 is 4.90 Å². The molecule has 0 radical (unpaired) electrons. The third-order valence-corrected chi connectivity index (χ3v) is 4.57. The summed E-state index contributed by atoms with van der Waals surface area (Å²) in [6.45, 7) is 1.56. The highest BCUT2D eigenvalue weighted by molar-refractivity contribution is 5.95. The van der Waals surface area contributed by atoms with E-state index < -0.39 is 11.9 Å². The van der Waals surface area contributed by atoms with Crippen LogP contribution in [0.3, 0.4) is 0 Å². The molecule has 0 aliphatic carbocycles. The van der Waals surface area contributed by atoms with E-state index in [1.165, 1.54) is 0 Å². The fraction of sp³-hybridized carbons (Fsp3) is 0.471. The molecule has 1 aromatic rings. The predicted octanol–water partition coefficient (Wildman–Crippen LogP) is 1.29. The Balaban J connectivity index is 1.59. The number of rotatable bonds is 4. The number of amides is 2. The molecule has 2 amide bonds. The van der Waals surface area contributed by atoms with Crippen molar-refractivity contribution >= 4 is 23.5 Å². The number of carbonyl (C=O) groups excluding carboxylic acids is 2. The van der Waals surface area contributed by atoms with Gasteiger partial charge in [0.05, 0.1) is 12.3 Å². The summed E-state index contributed by atoms with van der Waals surface area (Å²) < 4.78 is 0. The van der Waals surface area contributed by atoms with Crippen LogP contribution in [-0.4, -0.2) is 47.4 Å². The van der Waals surface area contributed by atoms with E-state index in [9.17, 15) is 14.4 Å². The van der Waals surface area contributed by atoms with Crippen LogP contribution >= 0.6 is 0 Å². The Hall–Kier alpha value is -2.37. The third-order valence-electron chi connectivity index (χ3n) is 4.57. The van der Waals surface area contributed by atoms with E-state index in [0.717, 1.165) is 24.2 Å². The van der Waals surface area contributed by atoms with Crippen LogP contribution in [0.1, 0.15) is 24.8 Å². The molecule has 6 nitrogen and oxygen atoms in total. The maximum atomic E-state index is 12.2. The molecule has 1 N–H and O–H groups in total. The summed E-state index contributed by atoms with van der Waals surface area (Å²) in [6.07, 6.45) is 2.27. The number of anilines is 1. The lowest BCUT2D eigenvalue weighted by Gasteiger charge is -2.17. The van der Waals surface area contributed by atoms with Crippen molar-refractivity contribution < 1.29 is 19.5 Å². The van der Waals surface area contributed by atoms with E-state index in [1.807, 2.05) is 24.3 Å². The van der Waals surface area contributed by atoms with Crippen LogP contribution in [0.15, 0.2) is 24.3 Å². The van der Waals surface area contributed by atoms with Crippen molar-refractivity contribution in [1.82, 2.24) is 4.90 Å². The Bertz CT molecular complexity index is 626. The Labute approximate surface area is 134 Å². The van der Waals surface area contributed by atoms with Crippen LogP contribution in [0.25, 0.3) is 0 Å². The number of carboxylic acids is 1. The van der Waals surface area contributed by atoms with E-state index >= 15 is 0 Å². The van der Waals surface area contributed by atoms with Gasteiger partial charge in [-0.25, -0.2) is 0 Å². The number of carboxylic acid groups (broad SMARTS) is 1. The number of carbonyl (C=O) groups is 3. The van der Waals surface area contributed by atoms with Crippen molar-refractivity contribution in [3.63, 3.8) is 0 Å². The normalized spacial score (nSPS) is 21.0. The number of hydrogen-bond donors (Lipinski definition) is 1. The second kappa shape index (κ2) is 6.40. The van der Waals surface area contributed by atoms with Gasteiger partial charge in [0, 0.05) is 31.7 Å². The van der Waals surface area contributed by atoms with Gasteiger partial charge in [-0.1, -0.05) is 12.1 Å². The highest BCUT2D eigenvalue weighted by Gasteiger charge is 2.30. The Morgan fingerprint density at radius 1 is 1.17 bits per heavy atom. The van der Waals surface area contributed by atoms with Gasteiger partial charge in [0.2, 0.25) is 11.8 Å². The first-order valence-electron chi connectivity index (χ1n) is 7.94. The zero-order valence-electron chi connectivity index (χ0n) is 12.9. The van der Waals surface area contributed by atoms with Gasteiger partial charge in [-0.05, 0) is 30.5 Å². The van der Waals surface area contributed by atoms with Gasteiger partial charge in [-0.3, -0.25) is 14.4 Å². The Morgan fingerprint density at radius 3 is 2.48 bits per heavy atom. The summed E-state index contributed by atoms with van der Waals surface area (Å²) in [6, 6.07) is 7.47. The smallest absolute Gasteiger partial charge is 0.308 e. The van der Waals surface area contributed by atoms with E-state index in [0.29, 0.717) is 25.9 Å². The lowest BCUT2D eigenvalue weighted by Crippen LogP contribution is -2.31. The van der Waals surface area contributed by atoms with Crippen LogP contribution in [0.5, 0.6) is 0 Å². The molecule has 122 valence electrons. The molecule has 1 aromatic carbocycles. The van der Waals surface area contributed by atoms with Crippen molar-refractivity contribution in [1.29, 1.82) is 0 Å². The molecule has 0 bridgehead atoms.